The zero-order valence-corrected chi connectivity index (χ0v) is 22.7. The second kappa shape index (κ2) is 8.80. The van der Waals surface area contributed by atoms with Crippen LogP contribution in [0.1, 0.15) is 62.1 Å². The lowest BCUT2D eigenvalue weighted by molar-refractivity contribution is -0.279. The number of aliphatic hydroxyl groups is 1. The molecule has 0 bridgehead atoms. The molecule has 0 aliphatic heterocycles. The molecule has 1 heterocycles. The maximum absolute atomic E-state index is 13.9. The predicted octanol–water partition coefficient (Wildman–Crippen LogP) is 6.46. The van der Waals surface area contributed by atoms with Crippen molar-refractivity contribution in [3.8, 4) is 5.69 Å². The molecule has 6 rings (SSSR count). The first-order valence-corrected chi connectivity index (χ1v) is 15.3. The average Bonchev–Trinajstić information content (AvgIpc) is 3.20. The Hall–Kier alpha value is -2.91. The van der Waals surface area contributed by atoms with E-state index >= 15 is 0 Å². The average molecular weight is 557 g/mol. The number of hydrogen-bond acceptors (Lipinski definition) is 4. The molecule has 0 saturated heterocycles. The van der Waals surface area contributed by atoms with Gasteiger partial charge in [-0.25, -0.2) is 13.1 Å². The minimum Gasteiger partial charge on any atom is -0.380 e. The molecule has 5 nitrogen and oxygen atoms in total. The molecule has 39 heavy (non-hydrogen) atoms. The van der Waals surface area contributed by atoms with Crippen molar-refractivity contribution < 1.29 is 26.7 Å². The van der Waals surface area contributed by atoms with Gasteiger partial charge in [0, 0.05) is 17.2 Å². The van der Waals surface area contributed by atoms with Gasteiger partial charge < -0.3 is 5.11 Å². The summed E-state index contributed by atoms with van der Waals surface area (Å²) < 4.78 is 67.4. The highest BCUT2D eigenvalue weighted by molar-refractivity contribution is 7.90. The fourth-order valence-corrected chi connectivity index (χ4v) is 7.78. The maximum Gasteiger partial charge on any atom is 0.417 e. The van der Waals surface area contributed by atoms with Crippen molar-refractivity contribution in [3.63, 3.8) is 0 Å². The summed E-state index contributed by atoms with van der Waals surface area (Å²) in [6.07, 6.45) is 6.86. The molecule has 206 valence electrons. The summed E-state index contributed by atoms with van der Waals surface area (Å²) in [6.45, 7) is 2.05. The molecule has 3 aliphatic carbocycles. The fourth-order valence-electron chi connectivity index (χ4n) is 7.15. The Balaban J connectivity index is 1.55. The predicted molar refractivity (Wildman–Crippen MR) is 145 cm³/mol. The molecule has 9 heteroatoms. The van der Waals surface area contributed by atoms with E-state index in [0.29, 0.717) is 12.8 Å². The monoisotopic (exact) mass is 556 g/mol. The van der Waals surface area contributed by atoms with Crippen molar-refractivity contribution >= 4 is 26.3 Å². The van der Waals surface area contributed by atoms with Gasteiger partial charge in [-0.3, -0.25) is 0 Å². The quantitative estimate of drug-likeness (QED) is 0.400. The summed E-state index contributed by atoms with van der Waals surface area (Å²) in [5.74, 6) is -0.279. The Bertz CT molecular complexity index is 1640. The third-order valence-electron chi connectivity index (χ3n) is 9.34. The van der Waals surface area contributed by atoms with Gasteiger partial charge in [0.05, 0.1) is 22.3 Å². The van der Waals surface area contributed by atoms with Crippen LogP contribution in [-0.4, -0.2) is 41.3 Å². The first-order chi connectivity index (χ1) is 18.4. The number of rotatable bonds is 4. The van der Waals surface area contributed by atoms with Gasteiger partial charge in [0.25, 0.3) is 0 Å². The Morgan fingerprint density at radius 2 is 1.90 bits per heavy atom. The van der Waals surface area contributed by atoms with Gasteiger partial charge in [-0.05, 0) is 103 Å². The van der Waals surface area contributed by atoms with Crippen LogP contribution >= 0.6 is 0 Å². The molecule has 2 aromatic carbocycles. The van der Waals surface area contributed by atoms with Crippen LogP contribution in [0.2, 0.25) is 0 Å². The lowest BCUT2D eigenvalue weighted by Crippen LogP contribution is -2.54. The molecule has 1 saturated carbocycles. The number of aromatic nitrogens is 2. The molecule has 0 radical (unpaired) electrons. The molecule has 1 fully saturated rings. The summed E-state index contributed by atoms with van der Waals surface area (Å²) in [5, 5.41) is 16.2. The van der Waals surface area contributed by atoms with Crippen LogP contribution in [0.15, 0.2) is 59.7 Å². The maximum atomic E-state index is 13.9. The van der Waals surface area contributed by atoms with Gasteiger partial charge in [0.2, 0.25) is 0 Å². The summed E-state index contributed by atoms with van der Waals surface area (Å²) in [4.78, 5) is 0.230. The van der Waals surface area contributed by atoms with Crippen LogP contribution in [0.4, 0.5) is 13.2 Å². The first-order valence-electron chi connectivity index (χ1n) is 13.4. The Kier molecular flexibility index (Phi) is 5.94. The van der Waals surface area contributed by atoms with Gasteiger partial charge in [-0.1, -0.05) is 25.2 Å². The van der Waals surface area contributed by atoms with Gasteiger partial charge in [-0.15, -0.1) is 0 Å². The first kappa shape index (κ1) is 26.3. The Morgan fingerprint density at radius 3 is 2.49 bits per heavy atom. The van der Waals surface area contributed by atoms with Crippen molar-refractivity contribution in [1.82, 2.24) is 9.78 Å². The number of alkyl halides is 3. The molecular weight excluding hydrogens is 525 g/mol. The summed E-state index contributed by atoms with van der Waals surface area (Å²) in [7, 11) is -3.34. The molecule has 1 aromatic heterocycles. The molecule has 3 aliphatic rings. The number of allylic oxidation sites excluding steroid dienone is 4. The topological polar surface area (TPSA) is 72.2 Å². The zero-order valence-electron chi connectivity index (χ0n) is 21.9. The number of benzene rings is 2. The standard InChI is InChI=1S/C30H31F3N2O3S/c1-3-28-14-15-29(36,30(31,32)33)17-21(28)8-5-9-24-25(28)16-20-18-34-35(27(20)26(24)19-6-4-7-19)22-10-12-23(13-11-22)39(2,37)38/h4,6-7,10-13,16,18,21,36H,3,5,8-9,14-15,17H2,1-2H3/t21-,28-,29-/m0/s1. The van der Waals surface area contributed by atoms with Gasteiger partial charge >= 0.3 is 6.18 Å². The van der Waals surface area contributed by atoms with Crippen LogP contribution in [-0.2, 0) is 21.7 Å². The fraction of sp³-hybridized carbons (Fsp3) is 0.433. The Morgan fingerprint density at radius 1 is 1.18 bits per heavy atom. The van der Waals surface area contributed by atoms with Crippen LogP contribution in [0.5, 0.6) is 0 Å². The number of hydrogen-bond donors (Lipinski definition) is 1. The highest BCUT2D eigenvalue weighted by Crippen LogP contribution is 2.58. The van der Waals surface area contributed by atoms with E-state index < -0.39 is 27.0 Å². The minimum atomic E-state index is -4.65. The number of sulfone groups is 1. The molecule has 0 amide bonds. The van der Waals surface area contributed by atoms with Crippen molar-refractivity contribution in [3.05, 3.63) is 71.4 Å². The van der Waals surface area contributed by atoms with Crippen molar-refractivity contribution in [2.24, 2.45) is 5.92 Å². The van der Waals surface area contributed by atoms with Crippen molar-refractivity contribution in [2.75, 3.05) is 6.26 Å². The van der Waals surface area contributed by atoms with E-state index in [-0.39, 0.29) is 30.1 Å². The van der Waals surface area contributed by atoms with Crippen LogP contribution in [0.3, 0.4) is 0 Å². The van der Waals surface area contributed by atoms with Crippen molar-refractivity contribution in [2.45, 2.75) is 74.0 Å². The summed E-state index contributed by atoms with van der Waals surface area (Å²) in [6, 6.07) is 8.75. The highest BCUT2D eigenvalue weighted by Gasteiger charge is 2.60. The molecule has 3 aromatic rings. The zero-order chi connectivity index (χ0) is 27.8. The normalized spacial score (nSPS) is 26.9. The molecular formula is C30H31F3N2O3S. The second-order valence-corrected chi connectivity index (χ2v) is 13.4. The van der Waals surface area contributed by atoms with Gasteiger partial charge in [0.1, 0.15) is 0 Å². The number of nitrogens with zero attached hydrogens (tertiary/aromatic N) is 2. The van der Waals surface area contributed by atoms with Crippen LogP contribution < -0.4 is 0 Å². The summed E-state index contributed by atoms with van der Waals surface area (Å²) in [5.41, 5.74) is 2.87. The third-order valence-corrected chi connectivity index (χ3v) is 10.5. The molecule has 0 unspecified atom stereocenters. The van der Waals surface area contributed by atoms with Crippen LogP contribution in [0, 0.1) is 5.92 Å². The lowest BCUT2D eigenvalue weighted by atomic mass is 9.56. The summed E-state index contributed by atoms with van der Waals surface area (Å²) >= 11 is 0. The van der Waals surface area contributed by atoms with E-state index in [2.05, 4.69) is 18.1 Å². The van der Waals surface area contributed by atoms with E-state index in [1.54, 1.807) is 30.5 Å². The van der Waals surface area contributed by atoms with E-state index in [4.69, 9.17) is 0 Å². The second-order valence-electron chi connectivity index (χ2n) is 11.4. The van der Waals surface area contributed by atoms with E-state index in [0.717, 1.165) is 51.7 Å². The Labute approximate surface area is 226 Å². The van der Waals surface area contributed by atoms with E-state index in [1.807, 2.05) is 22.9 Å². The number of fused-ring (bicyclic) bond motifs is 4. The van der Waals surface area contributed by atoms with E-state index in [9.17, 15) is 26.7 Å². The number of halogens is 3. The van der Waals surface area contributed by atoms with Gasteiger partial charge in [-0.2, -0.15) is 18.3 Å². The third kappa shape index (κ3) is 3.99. The molecule has 0 spiro atoms. The smallest absolute Gasteiger partial charge is 0.380 e. The molecule has 3 atom stereocenters. The largest absolute Gasteiger partial charge is 0.417 e. The lowest BCUT2D eigenvalue weighted by Gasteiger charge is -2.50. The van der Waals surface area contributed by atoms with Gasteiger partial charge in [0.15, 0.2) is 15.4 Å². The van der Waals surface area contributed by atoms with E-state index in [1.165, 1.54) is 6.26 Å². The van der Waals surface area contributed by atoms with Crippen LogP contribution in [0.25, 0.3) is 22.2 Å². The molecule has 1 N–H and O–H groups in total. The highest BCUT2D eigenvalue weighted by atomic mass is 32.2. The van der Waals surface area contributed by atoms with Crippen molar-refractivity contribution in [1.29, 1.82) is 0 Å². The SMILES string of the molecule is CC[C@]12CC[C@@](O)(C(F)(F)F)C[C@@H]1CCCc1c2cc2cnn(-c3ccc(S(C)(=O)=O)cc3)c2c1C1=CC=C1. The minimum absolute atomic E-state index is 0.230.